The van der Waals surface area contributed by atoms with Gasteiger partial charge in [0.05, 0.1) is 12.7 Å². The van der Waals surface area contributed by atoms with E-state index in [1.165, 1.54) is 7.11 Å². The Kier molecular flexibility index (Phi) is 3.27. The smallest absolute Gasteiger partial charge is 0.337 e. The number of urea groups is 1. The molecule has 0 radical (unpaired) electrons. The second kappa shape index (κ2) is 4.86. The molecule has 1 saturated heterocycles. The molecule has 5 heteroatoms. The summed E-state index contributed by atoms with van der Waals surface area (Å²) in [4.78, 5) is 22.2. The summed E-state index contributed by atoms with van der Waals surface area (Å²) in [5, 5.41) is 5.47. The van der Waals surface area contributed by atoms with E-state index < -0.39 is 0 Å². The Morgan fingerprint density at radius 1 is 1.24 bits per heavy atom. The second-order valence-electron chi connectivity index (χ2n) is 3.90. The molecule has 2 N–H and O–H groups in total. The first-order chi connectivity index (χ1) is 8.20. The lowest BCUT2D eigenvalue weighted by Gasteiger charge is -2.24. The monoisotopic (exact) mass is 234 g/mol. The molecule has 1 aliphatic heterocycles. The molecule has 1 aromatic rings. The quantitative estimate of drug-likeness (QED) is 0.746. The van der Waals surface area contributed by atoms with Gasteiger partial charge in [-0.15, -0.1) is 0 Å². The van der Waals surface area contributed by atoms with Crippen molar-refractivity contribution in [1.82, 2.24) is 10.6 Å². The van der Waals surface area contributed by atoms with E-state index in [9.17, 15) is 9.59 Å². The number of hydrogen-bond acceptors (Lipinski definition) is 3. The molecule has 0 atom stereocenters. The molecule has 1 heterocycles. The summed E-state index contributed by atoms with van der Waals surface area (Å²) in [6.07, 6.45) is 0. The normalized spacial score (nSPS) is 15.9. The van der Waals surface area contributed by atoms with Crippen LogP contribution < -0.4 is 10.6 Å². The van der Waals surface area contributed by atoms with E-state index in [-0.39, 0.29) is 17.9 Å². The minimum atomic E-state index is -0.341. The average Bonchev–Trinajstić information content (AvgIpc) is 2.39. The van der Waals surface area contributed by atoms with E-state index in [0.29, 0.717) is 18.7 Å². The predicted octanol–water partition coefficient (Wildman–Crippen LogP) is 0.870. The van der Waals surface area contributed by atoms with E-state index in [2.05, 4.69) is 15.4 Å². The van der Waals surface area contributed by atoms with Crippen LogP contribution in [0.15, 0.2) is 24.3 Å². The van der Waals surface area contributed by atoms with E-state index in [4.69, 9.17) is 0 Å². The Bertz CT molecular complexity index is 418. The molecule has 2 amide bonds. The Morgan fingerprint density at radius 3 is 2.35 bits per heavy atom. The van der Waals surface area contributed by atoms with Crippen molar-refractivity contribution in [2.24, 2.45) is 0 Å². The van der Waals surface area contributed by atoms with Gasteiger partial charge in [-0.05, 0) is 17.7 Å². The molecular weight excluding hydrogens is 220 g/mol. The standard InChI is InChI=1S/C12H14N2O3/c1-17-11(15)9-4-2-8(3-5-9)10-6-13-12(16)14-7-10/h2-5,10H,6-7H2,1H3,(H2,13,14,16). The molecule has 17 heavy (non-hydrogen) atoms. The van der Waals surface area contributed by atoms with Gasteiger partial charge in [0.15, 0.2) is 0 Å². The zero-order valence-electron chi connectivity index (χ0n) is 9.53. The lowest BCUT2D eigenvalue weighted by molar-refractivity contribution is 0.0600. The van der Waals surface area contributed by atoms with E-state index in [0.717, 1.165) is 5.56 Å². The molecule has 2 rings (SSSR count). The number of ether oxygens (including phenoxy) is 1. The van der Waals surface area contributed by atoms with Gasteiger partial charge in [0.25, 0.3) is 0 Å². The molecule has 1 fully saturated rings. The predicted molar refractivity (Wildman–Crippen MR) is 61.9 cm³/mol. The zero-order chi connectivity index (χ0) is 12.3. The highest BCUT2D eigenvalue weighted by molar-refractivity contribution is 5.89. The van der Waals surface area contributed by atoms with Gasteiger partial charge in [0, 0.05) is 19.0 Å². The van der Waals surface area contributed by atoms with Crippen molar-refractivity contribution in [3.63, 3.8) is 0 Å². The fourth-order valence-electron chi connectivity index (χ4n) is 1.81. The maximum absolute atomic E-state index is 11.3. The molecule has 0 unspecified atom stereocenters. The lowest BCUT2D eigenvalue weighted by atomic mass is 9.97. The first-order valence-electron chi connectivity index (χ1n) is 5.40. The van der Waals surface area contributed by atoms with Gasteiger partial charge < -0.3 is 15.4 Å². The fourth-order valence-corrected chi connectivity index (χ4v) is 1.81. The molecule has 90 valence electrons. The second-order valence-corrected chi connectivity index (χ2v) is 3.90. The minimum Gasteiger partial charge on any atom is -0.465 e. The summed E-state index contributed by atoms with van der Waals surface area (Å²) in [6.45, 7) is 1.23. The molecule has 1 aromatic carbocycles. The van der Waals surface area contributed by atoms with E-state index in [1.54, 1.807) is 12.1 Å². The first-order valence-corrected chi connectivity index (χ1v) is 5.40. The molecule has 0 spiro atoms. The average molecular weight is 234 g/mol. The number of methoxy groups -OCH3 is 1. The van der Waals surface area contributed by atoms with Crippen LogP contribution in [0.1, 0.15) is 21.8 Å². The van der Waals surface area contributed by atoms with Gasteiger partial charge in [-0.2, -0.15) is 0 Å². The zero-order valence-corrected chi connectivity index (χ0v) is 9.53. The highest BCUT2D eigenvalue weighted by Crippen LogP contribution is 2.17. The maximum Gasteiger partial charge on any atom is 0.337 e. The van der Waals surface area contributed by atoms with Crippen LogP contribution >= 0.6 is 0 Å². The third-order valence-corrected chi connectivity index (χ3v) is 2.82. The lowest BCUT2D eigenvalue weighted by Crippen LogP contribution is -2.47. The third kappa shape index (κ3) is 2.55. The van der Waals surface area contributed by atoms with Gasteiger partial charge in [-0.25, -0.2) is 9.59 Å². The Labute approximate surface area is 99.2 Å². The van der Waals surface area contributed by atoms with Gasteiger partial charge >= 0.3 is 12.0 Å². The van der Waals surface area contributed by atoms with Gasteiger partial charge in [-0.1, -0.05) is 12.1 Å². The Hall–Kier alpha value is -2.04. The number of carbonyl (C=O) groups excluding carboxylic acids is 2. The summed E-state index contributed by atoms with van der Waals surface area (Å²) < 4.78 is 4.63. The summed E-state index contributed by atoms with van der Waals surface area (Å²) in [6, 6.07) is 7.11. The summed E-state index contributed by atoms with van der Waals surface area (Å²) in [7, 11) is 1.36. The highest BCUT2D eigenvalue weighted by atomic mass is 16.5. The molecule has 0 saturated carbocycles. The van der Waals surface area contributed by atoms with Gasteiger partial charge in [0.2, 0.25) is 0 Å². The van der Waals surface area contributed by atoms with Crippen LogP contribution in [0.5, 0.6) is 0 Å². The van der Waals surface area contributed by atoms with Gasteiger partial charge in [0.1, 0.15) is 0 Å². The minimum absolute atomic E-state index is 0.132. The topological polar surface area (TPSA) is 67.4 Å². The molecule has 0 aromatic heterocycles. The number of carbonyl (C=O) groups is 2. The van der Waals surface area contributed by atoms with Crippen molar-refractivity contribution >= 4 is 12.0 Å². The van der Waals surface area contributed by atoms with Crippen LogP contribution in [0.3, 0.4) is 0 Å². The Balaban J connectivity index is 2.07. The van der Waals surface area contributed by atoms with Crippen molar-refractivity contribution in [2.75, 3.05) is 20.2 Å². The van der Waals surface area contributed by atoms with Crippen LogP contribution in [0.2, 0.25) is 0 Å². The molecule has 1 aliphatic rings. The third-order valence-electron chi connectivity index (χ3n) is 2.82. The maximum atomic E-state index is 11.3. The Morgan fingerprint density at radius 2 is 1.82 bits per heavy atom. The van der Waals surface area contributed by atoms with Gasteiger partial charge in [-0.3, -0.25) is 0 Å². The SMILES string of the molecule is COC(=O)c1ccc(C2CNC(=O)NC2)cc1. The number of rotatable bonds is 2. The van der Waals surface area contributed by atoms with Crippen molar-refractivity contribution in [1.29, 1.82) is 0 Å². The summed E-state index contributed by atoms with van der Waals surface area (Å²) >= 11 is 0. The van der Waals surface area contributed by atoms with Crippen molar-refractivity contribution in [3.8, 4) is 0 Å². The largest absolute Gasteiger partial charge is 0.465 e. The number of esters is 1. The molecule has 5 nitrogen and oxygen atoms in total. The molecule has 0 bridgehead atoms. The van der Waals surface area contributed by atoms with Crippen LogP contribution in [0.25, 0.3) is 0 Å². The number of nitrogens with one attached hydrogen (secondary N) is 2. The van der Waals surface area contributed by atoms with E-state index >= 15 is 0 Å². The van der Waals surface area contributed by atoms with Crippen LogP contribution in [-0.4, -0.2) is 32.2 Å². The van der Waals surface area contributed by atoms with E-state index in [1.807, 2.05) is 12.1 Å². The summed E-state index contributed by atoms with van der Waals surface area (Å²) in [5.74, 6) is -0.106. The molecular formula is C12H14N2O3. The molecule has 0 aliphatic carbocycles. The number of hydrogen-bond donors (Lipinski definition) is 2. The fraction of sp³-hybridized carbons (Fsp3) is 0.333. The van der Waals surface area contributed by atoms with Crippen LogP contribution in [-0.2, 0) is 4.74 Å². The first kappa shape index (κ1) is 11.4. The number of amides is 2. The highest BCUT2D eigenvalue weighted by Gasteiger charge is 2.18. The van der Waals surface area contributed by atoms with Crippen molar-refractivity contribution in [3.05, 3.63) is 35.4 Å². The van der Waals surface area contributed by atoms with Crippen LogP contribution in [0.4, 0.5) is 4.79 Å². The van der Waals surface area contributed by atoms with Crippen LogP contribution in [0, 0.1) is 0 Å². The number of benzene rings is 1. The van der Waals surface area contributed by atoms with Crippen molar-refractivity contribution < 1.29 is 14.3 Å². The summed E-state index contributed by atoms with van der Waals surface area (Å²) in [5.41, 5.74) is 1.62. The van der Waals surface area contributed by atoms with Crippen molar-refractivity contribution in [2.45, 2.75) is 5.92 Å².